The van der Waals surface area contributed by atoms with Crippen molar-refractivity contribution >= 4 is 0 Å². The number of hydrogen-bond acceptors (Lipinski definition) is 3. The molecule has 0 unspecified atom stereocenters. The van der Waals surface area contributed by atoms with E-state index in [0.29, 0.717) is 0 Å². The Morgan fingerprint density at radius 3 is 2.81 bits per heavy atom. The Morgan fingerprint density at radius 1 is 1.44 bits per heavy atom. The molecule has 4 nitrogen and oxygen atoms in total. The van der Waals surface area contributed by atoms with Crippen LogP contribution in [0.2, 0.25) is 0 Å². The van der Waals surface area contributed by atoms with E-state index in [2.05, 4.69) is 4.98 Å². The van der Waals surface area contributed by atoms with Crippen molar-refractivity contribution in [1.82, 2.24) is 9.55 Å². The normalized spacial score (nSPS) is 12.4. The van der Waals surface area contributed by atoms with E-state index in [1.165, 1.54) is 0 Å². The number of hydrogen-bond donors (Lipinski definition) is 1. The first-order valence-corrected chi connectivity index (χ1v) is 5.15. The van der Waals surface area contributed by atoms with E-state index < -0.39 is 0 Å². The van der Waals surface area contributed by atoms with Gasteiger partial charge in [-0.3, -0.25) is 0 Å². The molecule has 84 valence electrons. The SMILES string of the molecule is COc1cccc(-n2ccnc2)c1[C@@H](C)N. The lowest BCUT2D eigenvalue weighted by molar-refractivity contribution is 0.406. The fraction of sp³-hybridized carbons (Fsp3) is 0.250. The molecule has 1 atom stereocenters. The highest BCUT2D eigenvalue weighted by molar-refractivity contribution is 5.51. The molecule has 0 aliphatic carbocycles. The fourth-order valence-corrected chi connectivity index (χ4v) is 1.79. The summed E-state index contributed by atoms with van der Waals surface area (Å²) in [5.74, 6) is 0.807. The van der Waals surface area contributed by atoms with E-state index in [1.54, 1.807) is 19.6 Å². The maximum atomic E-state index is 5.98. The van der Waals surface area contributed by atoms with Gasteiger partial charge in [0.25, 0.3) is 0 Å². The smallest absolute Gasteiger partial charge is 0.125 e. The monoisotopic (exact) mass is 217 g/mol. The highest BCUT2D eigenvalue weighted by Gasteiger charge is 2.13. The van der Waals surface area contributed by atoms with Crippen LogP contribution in [0.4, 0.5) is 0 Å². The highest BCUT2D eigenvalue weighted by atomic mass is 16.5. The minimum atomic E-state index is -0.0893. The van der Waals surface area contributed by atoms with Crippen LogP contribution in [0.5, 0.6) is 5.75 Å². The van der Waals surface area contributed by atoms with Gasteiger partial charge in [0.05, 0.1) is 19.1 Å². The molecule has 0 aliphatic rings. The standard InChI is InChI=1S/C12H15N3O/c1-9(13)12-10(15-7-6-14-8-15)4-3-5-11(12)16-2/h3-9H,13H2,1-2H3/t9-/m1/s1. The molecule has 0 radical (unpaired) electrons. The van der Waals surface area contributed by atoms with E-state index >= 15 is 0 Å². The van der Waals surface area contributed by atoms with Crippen molar-refractivity contribution in [3.05, 3.63) is 42.5 Å². The molecule has 0 fully saturated rings. The molecular formula is C12H15N3O. The number of rotatable bonds is 3. The Kier molecular flexibility index (Phi) is 2.92. The first-order valence-electron chi connectivity index (χ1n) is 5.15. The molecule has 0 amide bonds. The molecule has 0 saturated heterocycles. The molecule has 1 heterocycles. The highest BCUT2D eigenvalue weighted by Crippen LogP contribution is 2.29. The molecule has 1 aromatic carbocycles. The van der Waals surface area contributed by atoms with Gasteiger partial charge in [-0.2, -0.15) is 0 Å². The third-order valence-corrected chi connectivity index (χ3v) is 2.50. The largest absolute Gasteiger partial charge is 0.496 e. The summed E-state index contributed by atoms with van der Waals surface area (Å²) in [7, 11) is 1.65. The predicted octanol–water partition coefficient (Wildman–Crippen LogP) is 1.90. The topological polar surface area (TPSA) is 53.1 Å². The number of ether oxygens (including phenoxy) is 1. The van der Waals surface area contributed by atoms with Crippen molar-refractivity contribution in [2.45, 2.75) is 13.0 Å². The Hall–Kier alpha value is -1.81. The molecule has 16 heavy (non-hydrogen) atoms. The Morgan fingerprint density at radius 2 is 2.25 bits per heavy atom. The summed E-state index contributed by atoms with van der Waals surface area (Å²) in [5, 5.41) is 0. The third-order valence-electron chi connectivity index (χ3n) is 2.50. The van der Waals surface area contributed by atoms with E-state index in [-0.39, 0.29) is 6.04 Å². The summed E-state index contributed by atoms with van der Waals surface area (Å²) in [4.78, 5) is 4.04. The van der Waals surface area contributed by atoms with E-state index in [9.17, 15) is 0 Å². The molecule has 2 N–H and O–H groups in total. The summed E-state index contributed by atoms with van der Waals surface area (Å²) >= 11 is 0. The number of methoxy groups -OCH3 is 1. The number of nitrogens with zero attached hydrogens (tertiary/aromatic N) is 2. The number of imidazole rings is 1. The molecule has 2 rings (SSSR count). The average Bonchev–Trinajstić information content (AvgIpc) is 2.81. The molecule has 0 spiro atoms. The van der Waals surface area contributed by atoms with Gasteiger partial charge in [-0.15, -0.1) is 0 Å². The summed E-state index contributed by atoms with van der Waals surface area (Å²) < 4.78 is 7.26. The zero-order valence-electron chi connectivity index (χ0n) is 9.42. The van der Waals surface area contributed by atoms with Gasteiger partial charge in [-0.25, -0.2) is 4.98 Å². The minimum Gasteiger partial charge on any atom is -0.496 e. The Balaban J connectivity index is 2.61. The molecular weight excluding hydrogens is 202 g/mol. The van der Waals surface area contributed by atoms with Crippen LogP contribution >= 0.6 is 0 Å². The van der Waals surface area contributed by atoms with Gasteiger partial charge < -0.3 is 15.0 Å². The molecule has 4 heteroatoms. The van der Waals surface area contributed by atoms with Crippen LogP contribution in [-0.4, -0.2) is 16.7 Å². The van der Waals surface area contributed by atoms with E-state index in [1.807, 2.05) is 35.9 Å². The number of benzene rings is 1. The lowest BCUT2D eigenvalue weighted by Gasteiger charge is -2.16. The van der Waals surface area contributed by atoms with Crippen LogP contribution < -0.4 is 10.5 Å². The van der Waals surface area contributed by atoms with Crippen LogP contribution in [0, 0.1) is 0 Å². The summed E-state index contributed by atoms with van der Waals surface area (Å²) in [6, 6.07) is 5.77. The van der Waals surface area contributed by atoms with Gasteiger partial charge >= 0.3 is 0 Å². The maximum absolute atomic E-state index is 5.98. The summed E-state index contributed by atoms with van der Waals surface area (Å²) in [6.07, 6.45) is 5.38. The van der Waals surface area contributed by atoms with Gasteiger partial charge in [0, 0.05) is 24.0 Å². The second-order valence-electron chi connectivity index (χ2n) is 3.65. The van der Waals surface area contributed by atoms with Crippen LogP contribution in [0.25, 0.3) is 5.69 Å². The van der Waals surface area contributed by atoms with Crippen LogP contribution in [0.1, 0.15) is 18.5 Å². The third kappa shape index (κ3) is 1.79. The van der Waals surface area contributed by atoms with Crippen molar-refractivity contribution in [2.24, 2.45) is 5.73 Å². The quantitative estimate of drug-likeness (QED) is 0.854. The first-order chi connectivity index (χ1) is 7.74. The first kappa shape index (κ1) is 10.7. The zero-order chi connectivity index (χ0) is 11.5. The van der Waals surface area contributed by atoms with Crippen molar-refractivity contribution in [1.29, 1.82) is 0 Å². The lowest BCUT2D eigenvalue weighted by Crippen LogP contribution is -2.11. The van der Waals surface area contributed by atoms with E-state index in [0.717, 1.165) is 17.0 Å². The van der Waals surface area contributed by atoms with Crippen LogP contribution in [0.3, 0.4) is 0 Å². The molecule has 1 aromatic heterocycles. The predicted molar refractivity (Wildman–Crippen MR) is 62.7 cm³/mol. The van der Waals surface area contributed by atoms with Crippen LogP contribution in [0.15, 0.2) is 36.9 Å². The van der Waals surface area contributed by atoms with E-state index in [4.69, 9.17) is 10.5 Å². The second-order valence-corrected chi connectivity index (χ2v) is 3.65. The molecule has 0 saturated carbocycles. The van der Waals surface area contributed by atoms with Gasteiger partial charge in [-0.1, -0.05) is 6.07 Å². The van der Waals surface area contributed by atoms with Crippen molar-refractivity contribution in [3.8, 4) is 11.4 Å². The summed E-state index contributed by atoms with van der Waals surface area (Å²) in [6.45, 7) is 1.94. The molecule has 2 aromatic rings. The zero-order valence-corrected chi connectivity index (χ0v) is 9.42. The molecule has 0 aliphatic heterocycles. The van der Waals surface area contributed by atoms with Gasteiger partial charge in [0.15, 0.2) is 0 Å². The van der Waals surface area contributed by atoms with Crippen molar-refractivity contribution in [2.75, 3.05) is 7.11 Å². The minimum absolute atomic E-state index is 0.0893. The maximum Gasteiger partial charge on any atom is 0.125 e. The average molecular weight is 217 g/mol. The van der Waals surface area contributed by atoms with Crippen molar-refractivity contribution < 1.29 is 4.74 Å². The Bertz CT molecular complexity index is 463. The fourth-order valence-electron chi connectivity index (χ4n) is 1.79. The second kappa shape index (κ2) is 4.37. The van der Waals surface area contributed by atoms with Crippen molar-refractivity contribution in [3.63, 3.8) is 0 Å². The van der Waals surface area contributed by atoms with Gasteiger partial charge in [0.2, 0.25) is 0 Å². The lowest BCUT2D eigenvalue weighted by atomic mass is 10.1. The summed E-state index contributed by atoms with van der Waals surface area (Å²) in [5.41, 5.74) is 7.98. The number of aromatic nitrogens is 2. The van der Waals surface area contributed by atoms with Gasteiger partial charge in [-0.05, 0) is 19.1 Å². The number of nitrogens with two attached hydrogens (primary N) is 1. The molecule has 0 bridgehead atoms. The Labute approximate surface area is 94.7 Å². The van der Waals surface area contributed by atoms with Crippen LogP contribution in [-0.2, 0) is 0 Å². The van der Waals surface area contributed by atoms with Gasteiger partial charge in [0.1, 0.15) is 5.75 Å².